The Hall–Kier alpha value is -5.40. The number of carbonyl (C=O) groups is 1. The van der Waals surface area contributed by atoms with Crippen molar-refractivity contribution in [3.8, 4) is 23.0 Å². The second kappa shape index (κ2) is 14.9. The largest absolute Gasteiger partial charge is 0.435 e. The summed E-state index contributed by atoms with van der Waals surface area (Å²) in [5.74, 6) is -5.23. The standard InChI is InChI=1S/C38H30ClF10N7O4S/c1-35(2,58)9-8-20-4-5-21(22-6-7-25(39)29-31(22)56(16-36(42,43)44)53-34(29)54-61(3,59)60)30(50-20)26(12-17-10-18(40)13-19(41)11-17)51-27(57)15-55-33-28(32(52-55)38(47,48)49)23-14-24(23)37(33,45)46/h4-7,10-11,13,23-24,26,58H,12,14-16H2,1-3H3,(H,51,57)(H,53,54)/t23-,24+,26?/m0/s1. The number of alkyl halides is 8. The van der Waals surface area contributed by atoms with Crippen molar-refractivity contribution in [3.05, 3.63) is 93.0 Å². The average Bonchev–Trinajstić information content (AvgIpc) is 3.63. The molecule has 3 heterocycles. The Kier molecular flexibility index (Phi) is 10.7. The van der Waals surface area contributed by atoms with Crippen LogP contribution in [0, 0.1) is 29.4 Å². The second-order valence-corrected chi connectivity index (χ2v) is 17.3. The van der Waals surface area contributed by atoms with Gasteiger partial charge in [-0.05, 0) is 74.4 Å². The van der Waals surface area contributed by atoms with Crippen molar-refractivity contribution in [2.45, 2.75) is 75.6 Å². The molecule has 2 aromatic carbocycles. The van der Waals surface area contributed by atoms with Crippen molar-refractivity contribution in [3.63, 3.8) is 0 Å². The van der Waals surface area contributed by atoms with Crippen molar-refractivity contribution in [2.75, 3.05) is 11.0 Å². The van der Waals surface area contributed by atoms with E-state index >= 15 is 8.78 Å². The number of anilines is 1. The van der Waals surface area contributed by atoms with Crippen LogP contribution in [0.15, 0.2) is 42.5 Å². The lowest BCUT2D eigenvalue weighted by Gasteiger charge is -2.23. The normalized spacial score (nSPS) is 17.7. The molecule has 3 atom stereocenters. The van der Waals surface area contributed by atoms with E-state index in [2.05, 4.69) is 32.3 Å². The zero-order valence-corrected chi connectivity index (χ0v) is 33.1. The molecular formula is C38H30ClF10N7O4S. The van der Waals surface area contributed by atoms with Gasteiger partial charge in [0, 0.05) is 28.7 Å². The van der Waals surface area contributed by atoms with E-state index in [9.17, 15) is 53.4 Å². The summed E-state index contributed by atoms with van der Waals surface area (Å²) in [6.45, 7) is -0.356. The summed E-state index contributed by atoms with van der Waals surface area (Å²) in [5.41, 5.74) is -6.35. The first-order valence-electron chi connectivity index (χ1n) is 17.9. The first-order valence-corrected chi connectivity index (χ1v) is 20.2. The highest BCUT2D eigenvalue weighted by Crippen LogP contribution is 2.68. The van der Waals surface area contributed by atoms with Gasteiger partial charge in [-0.2, -0.15) is 45.3 Å². The van der Waals surface area contributed by atoms with Gasteiger partial charge in [-0.3, -0.25) is 18.9 Å². The molecule has 61 heavy (non-hydrogen) atoms. The summed E-state index contributed by atoms with van der Waals surface area (Å²) >= 11 is 6.44. The quantitative estimate of drug-likeness (QED) is 0.0968. The minimum atomic E-state index is -5.16. The number of hydrogen-bond donors (Lipinski definition) is 3. The van der Waals surface area contributed by atoms with E-state index in [4.69, 9.17) is 11.6 Å². The molecule has 2 aliphatic rings. The molecule has 0 saturated heterocycles. The maximum atomic E-state index is 15.4. The summed E-state index contributed by atoms with van der Waals surface area (Å²) in [5, 5.41) is 19.4. The van der Waals surface area contributed by atoms with Crippen molar-refractivity contribution >= 4 is 44.3 Å². The number of nitrogens with one attached hydrogen (secondary N) is 2. The third-order valence-electron chi connectivity index (χ3n) is 9.69. The number of nitrogens with zero attached hydrogens (tertiary/aromatic N) is 5. The Balaban J connectivity index is 1.43. The topological polar surface area (TPSA) is 144 Å². The summed E-state index contributed by atoms with van der Waals surface area (Å²) in [7, 11) is -4.18. The molecule has 0 radical (unpaired) electrons. The average molecular weight is 906 g/mol. The van der Waals surface area contributed by atoms with Gasteiger partial charge >= 0.3 is 12.4 Å². The minimum Gasteiger partial charge on any atom is -0.378 e. The van der Waals surface area contributed by atoms with E-state index in [1.807, 2.05) is 4.72 Å². The minimum absolute atomic E-state index is 0.141. The van der Waals surface area contributed by atoms with Gasteiger partial charge in [0.1, 0.15) is 41.7 Å². The molecule has 7 rings (SSSR count). The summed E-state index contributed by atoms with van der Waals surface area (Å²) in [6, 6.07) is 5.56. The number of benzene rings is 2. The number of hydrogen-bond acceptors (Lipinski definition) is 7. The van der Waals surface area contributed by atoms with Gasteiger partial charge in [-0.15, -0.1) is 0 Å². The Morgan fingerprint density at radius 3 is 2.28 bits per heavy atom. The smallest absolute Gasteiger partial charge is 0.378 e. The Labute approximate surface area is 344 Å². The van der Waals surface area contributed by atoms with Crippen molar-refractivity contribution in [1.82, 2.24) is 29.9 Å². The molecule has 3 aromatic heterocycles. The molecule has 1 amide bonds. The number of sulfonamides is 1. The molecular weight excluding hydrogens is 876 g/mol. The lowest BCUT2D eigenvalue weighted by atomic mass is 9.93. The number of aliphatic hydroxyl groups is 1. The number of pyridine rings is 1. The molecule has 324 valence electrons. The highest BCUT2D eigenvalue weighted by molar-refractivity contribution is 7.92. The predicted octanol–water partition coefficient (Wildman–Crippen LogP) is 7.61. The van der Waals surface area contributed by atoms with E-state index in [1.165, 1.54) is 38.1 Å². The van der Waals surface area contributed by atoms with Crippen LogP contribution in [0.25, 0.3) is 22.0 Å². The van der Waals surface area contributed by atoms with E-state index < -0.39 is 117 Å². The predicted molar refractivity (Wildman–Crippen MR) is 199 cm³/mol. The van der Waals surface area contributed by atoms with Crippen molar-refractivity contribution < 1.29 is 62.2 Å². The molecule has 1 unspecified atom stereocenters. The number of fused-ring (bicyclic) bond motifs is 4. The van der Waals surface area contributed by atoms with Crippen LogP contribution in [0.2, 0.25) is 5.02 Å². The van der Waals surface area contributed by atoms with Crippen molar-refractivity contribution in [1.29, 1.82) is 0 Å². The molecule has 3 N–H and O–H groups in total. The summed E-state index contributed by atoms with van der Waals surface area (Å²) in [4.78, 5) is 18.4. The summed E-state index contributed by atoms with van der Waals surface area (Å²) in [6.07, 6.45) is -10.2. The second-order valence-electron chi connectivity index (χ2n) is 15.2. The van der Waals surface area contributed by atoms with Crippen LogP contribution in [0.5, 0.6) is 0 Å². The fraction of sp³-hybridized carbons (Fsp3) is 0.368. The van der Waals surface area contributed by atoms with E-state index in [0.717, 1.165) is 12.1 Å². The molecule has 1 saturated carbocycles. The number of aromatic nitrogens is 5. The van der Waals surface area contributed by atoms with Crippen LogP contribution in [-0.2, 0) is 46.4 Å². The molecule has 5 aromatic rings. The monoisotopic (exact) mass is 905 g/mol. The zero-order chi connectivity index (χ0) is 44.8. The van der Waals surface area contributed by atoms with E-state index in [0.29, 0.717) is 17.0 Å². The number of carbonyl (C=O) groups excluding carboxylic acids is 1. The first kappa shape index (κ1) is 43.7. The van der Waals surface area contributed by atoms with E-state index in [1.54, 1.807) is 0 Å². The van der Waals surface area contributed by atoms with E-state index in [-0.39, 0.29) is 49.6 Å². The van der Waals surface area contributed by atoms with Crippen molar-refractivity contribution in [2.24, 2.45) is 5.92 Å². The Morgan fingerprint density at radius 1 is 1.02 bits per heavy atom. The zero-order valence-electron chi connectivity index (χ0n) is 31.6. The lowest BCUT2D eigenvalue weighted by molar-refractivity contribution is -0.142. The van der Waals surface area contributed by atoms with Crippen LogP contribution >= 0.6 is 11.6 Å². The van der Waals surface area contributed by atoms with Crippen LogP contribution < -0.4 is 10.0 Å². The molecule has 1 fully saturated rings. The fourth-order valence-electron chi connectivity index (χ4n) is 7.43. The first-order chi connectivity index (χ1) is 28.1. The molecule has 0 spiro atoms. The van der Waals surface area contributed by atoms with Gasteiger partial charge in [0.2, 0.25) is 15.9 Å². The highest BCUT2D eigenvalue weighted by atomic mass is 35.5. The maximum absolute atomic E-state index is 15.4. The Morgan fingerprint density at radius 2 is 1.67 bits per heavy atom. The lowest BCUT2D eigenvalue weighted by Crippen LogP contribution is -2.35. The molecule has 23 heteroatoms. The third kappa shape index (κ3) is 9.13. The van der Waals surface area contributed by atoms with Crippen LogP contribution in [0.4, 0.5) is 49.7 Å². The molecule has 0 bridgehead atoms. The Bertz CT molecular complexity index is 2770. The number of halogens is 11. The maximum Gasteiger partial charge on any atom is 0.435 e. The SMILES string of the molecule is CC(C)(O)C#Cc1ccc(-c2ccc(Cl)c3c(NS(C)(=O)=O)nn(CC(F)(F)F)c23)c(C(Cc2cc(F)cc(F)c2)NC(=O)Cn2nc(C(F)(F)F)c3c2C(F)(F)[C@@H]2C[C@H]32)n1. The van der Waals surface area contributed by atoms with Crippen LogP contribution in [0.3, 0.4) is 0 Å². The number of amides is 1. The van der Waals surface area contributed by atoms with Gasteiger partial charge < -0.3 is 10.4 Å². The molecule has 0 aliphatic heterocycles. The number of rotatable bonds is 10. The van der Waals surface area contributed by atoms with Crippen LogP contribution in [0.1, 0.15) is 66.1 Å². The molecule has 11 nitrogen and oxygen atoms in total. The van der Waals surface area contributed by atoms with Gasteiger partial charge in [-0.1, -0.05) is 23.6 Å². The highest BCUT2D eigenvalue weighted by Gasteiger charge is 2.68. The summed E-state index contributed by atoms with van der Waals surface area (Å²) < 4.78 is 172. The van der Waals surface area contributed by atoms with Gasteiger partial charge in [0.15, 0.2) is 11.5 Å². The third-order valence-corrected chi connectivity index (χ3v) is 10.6. The van der Waals surface area contributed by atoms with Gasteiger partial charge in [0.05, 0.1) is 33.9 Å². The van der Waals surface area contributed by atoms with Crippen LogP contribution in [-0.4, -0.2) is 62.0 Å². The van der Waals surface area contributed by atoms with Gasteiger partial charge in [0.25, 0.3) is 5.92 Å². The fourth-order valence-corrected chi connectivity index (χ4v) is 8.17. The van der Waals surface area contributed by atoms with Gasteiger partial charge in [-0.25, -0.2) is 22.2 Å². The molecule has 2 aliphatic carbocycles.